The summed E-state index contributed by atoms with van der Waals surface area (Å²) in [5.41, 5.74) is 0.361. The van der Waals surface area contributed by atoms with Crippen molar-refractivity contribution in [2.24, 2.45) is 0 Å². The normalized spacial score (nSPS) is 14.2. The van der Waals surface area contributed by atoms with Crippen LogP contribution in [0.1, 0.15) is 23.2 Å². The molecule has 3 rings (SSSR count). The highest BCUT2D eigenvalue weighted by Gasteiger charge is 2.26. The maximum atomic E-state index is 12.5. The molecule has 5 nitrogen and oxygen atoms in total. The molecule has 2 aromatic rings. The summed E-state index contributed by atoms with van der Waals surface area (Å²) in [7, 11) is -3.84. The number of sulfonamides is 1. The van der Waals surface area contributed by atoms with E-state index in [4.69, 9.17) is 23.2 Å². The van der Waals surface area contributed by atoms with Crippen LogP contribution >= 0.6 is 23.2 Å². The Kier molecular flexibility index (Phi) is 4.71. The predicted molar refractivity (Wildman–Crippen MR) is 94.2 cm³/mol. The molecule has 1 aliphatic carbocycles. The van der Waals surface area contributed by atoms with Crippen molar-refractivity contribution in [3.8, 4) is 0 Å². The zero-order valence-electron chi connectivity index (χ0n) is 12.4. The molecule has 1 fully saturated rings. The predicted octanol–water partition coefficient (Wildman–Crippen LogP) is 3.69. The van der Waals surface area contributed by atoms with Crippen LogP contribution in [-0.2, 0) is 10.0 Å². The monoisotopic (exact) mass is 384 g/mol. The average molecular weight is 385 g/mol. The van der Waals surface area contributed by atoms with E-state index >= 15 is 0 Å². The van der Waals surface area contributed by atoms with Gasteiger partial charge in [0.15, 0.2) is 0 Å². The summed E-state index contributed by atoms with van der Waals surface area (Å²) in [6, 6.07) is 10.3. The number of anilines is 1. The minimum Gasteiger partial charge on any atom is -0.349 e. The molecular formula is C16H14Cl2N2O3S. The molecule has 0 radical (unpaired) electrons. The lowest BCUT2D eigenvalue weighted by Gasteiger charge is -2.13. The Morgan fingerprint density at radius 1 is 1.00 bits per heavy atom. The van der Waals surface area contributed by atoms with Gasteiger partial charge in [-0.3, -0.25) is 9.52 Å². The molecule has 1 saturated carbocycles. The quantitative estimate of drug-likeness (QED) is 0.825. The van der Waals surface area contributed by atoms with Crippen LogP contribution in [0.25, 0.3) is 0 Å². The number of rotatable bonds is 5. The number of amides is 1. The number of benzene rings is 2. The Morgan fingerprint density at radius 3 is 2.25 bits per heavy atom. The lowest BCUT2D eigenvalue weighted by atomic mass is 10.1. The maximum Gasteiger partial charge on any atom is 0.261 e. The van der Waals surface area contributed by atoms with E-state index in [1.807, 2.05) is 0 Å². The van der Waals surface area contributed by atoms with Crippen molar-refractivity contribution in [1.29, 1.82) is 0 Å². The lowest BCUT2D eigenvalue weighted by molar-refractivity contribution is 0.0952. The molecule has 126 valence electrons. The second-order valence-electron chi connectivity index (χ2n) is 5.50. The third-order valence-corrected chi connectivity index (χ3v) is 5.38. The van der Waals surface area contributed by atoms with Gasteiger partial charge in [0.1, 0.15) is 0 Å². The van der Waals surface area contributed by atoms with Gasteiger partial charge in [0, 0.05) is 16.1 Å². The van der Waals surface area contributed by atoms with Gasteiger partial charge in [-0.1, -0.05) is 23.2 Å². The topological polar surface area (TPSA) is 75.3 Å². The van der Waals surface area contributed by atoms with Crippen LogP contribution in [0.4, 0.5) is 5.69 Å². The van der Waals surface area contributed by atoms with E-state index in [0.29, 0.717) is 10.0 Å². The Bertz CT molecular complexity index is 879. The molecule has 2 N–H and O–H groups in total. The highest BCUT2D eigenvalue weighted by molar-refractivity contribution is 7.92. The van der Waals surface area contributed by atoms with E-state index in [1.54, 1.807) is 0 Å². The molecule has 0 heterocycles. The fourth-order valence-corrected chi connectivity index (χ4v) is 3.48. The molecule has 0 unspecified atom stereocenters. The van der Waals surface area contributed by atoms with Crippen molar-refractivity contribution in [2.45, 2.75) is 23.8 Å². The first kappa shape index (κ1) is 17.1. The van der Waals surface area contributed by atoms with Crippen molar-refractivity contribution < 1.29 is 13.2 Å². The van der Waals surface area contributed by atoms with Crippen LogP contribution in [-0.4, -0.2) is 20.4 Å². The molecule has 24 heavy (non-hydrogen) atoms. The van der Waals surface area contributed by atoms with Gasteiger partial charge in [0.2, 0.25) is 0 Å². The first-order valence-electron chi connectivity index (χ1n) is 7.24. The number of carbonyl (C=O) groups is 1. The Balaban J connectivity index is 1.91. The average Bonchev–Trinajstić information content (AvgIpc) is 3.33. The molecular weight excluding hydrogens is 371 g/mol. The summed E-state index contributed by atoms with van der Waals surface area (Å²) in [5.74, 6) is -0.353. The molecule has 0 aromatic heterocycles. The van der Waals surface area contributed by atoms with Gasteiger partial charge < -0.3 is 5.32 Å². The van der Waals surface area contributed by atoms with Gasteiger partial charge in [-0.25, -0.2) is 8.42 Å². The number of halogens is 2. The molecule has 0 bridgehead atoms. The highest BCUT2D eigenvalue weighted by atomic mass is 35.5. The SMILES string of the molecule is O=C(NC1CC1)c1cc(Cl)ccc1NS(=O)(=O)c1ccc(Cl)cc1. The molecule has 8 heteroatoms. The fourth-order valence-electron chi connectivity index (χ4n) is 2.10. The van der Waals surface area contributed by atoms with Gasteiger partial charge in [-0.05, 0) is 55.3 Å². The number of hydrogen-bond donors (Lipinski definition) is 2. The minimum absolute atomic E-state index is 0.0513. The first-order chi connectivity index (χ1) is 11.3. The Labute approximate surface area is 150 Å². The molecule has 0 aliphatic heterocycles. The summed E-state index contributed by atoms with van der Waals surface area (Å²) < 4.78 is 27.4. The maximum absolute atomic E-state index is 12.5. The number of nitrogens with one attached hydrogen (secondary N) is 2. The van der Waals surface area contributed by atoms with Crippen molar-refractivity contribution in [3.63, 3.8) is 0 Å². The molecule has 1 amide bonds. The summed E-state index contributed by atoms with van der Waals surface area (Å²) in [6.45, 7) is 0. The van der Waals surface area contributed by atoms with Crippen LogP contribution in [0.2, 0.25) is 10.0 Å². The smallest absolute Gasteiger partial charge is 0.261 e. The zero-order valence-corrected chi connectivity index (χ0v) is 14.8. The minimum atomic E-state index is -3.84. The summed E-state index contributed by atoms with van der Waals surface area (Å²) in [5, 5.41) is 3.61. The van der Waals surface area contributed by atoms with Gasteiger partial charge in [0.25, 0.3) is 15.9 Å². The third kappa shape index (κ3) is 4.01. The van der Waals surface area contributed by atoms with Crippen LogP contribution in [0.5, 0.6) is 0 Å². The van der Waals surface area contributed by atoms with Gasteiger partial charge in [0.05, 0.1) is 16.1 Å². The van der Waals surface area contributed by atoms with E-state index in [0.717, 1.165) is 12.8 Å². The van der Waals surface area contributed by atoms with E-state index < -0.39 is 10.0 Å². The van der Waals surface area contributed by atoms with Crippen molar-refractivity contribution in [1.82, 2.24) is 5.32 Å². The van der Waals surface area contributed by atoms with Crippen molar-refractivity contribution in [3.05, 3.63) is 58.1 Å². The van der Waals surface area contributed by atoms with E-state index in [9.17, 15) is 13.2 Å². The number of hydrogen-bond acceptors (Lipinski definition) is 3. The Morgan fingerprint density at radius 2 is 1.62 bits per heavy atom. The van der Waals surface area contributed by atoms with E-state index in [1.165, 1.54) is 42.5 Å². The lowest BCUT2D eigenvalue weighted by Crippen LogP contribution is -2.27. The van der Waals surface area contributed by atoms with Gasteiger partial charge in [-0.2, -0.15) is 0 Å². The van der Waals surface area contributed by atoms with Crippen LogP contribution < -0.4 is 10.0 Å². The van der Waals surface area contributed by atoms with E-state index in [-0.39, 0.29) is 28.1 Å². The van der Waals surface area contributed by atoms with Crippen molar-refractivity contribution >= 4 is 44.8 Å². The first-order valence-corrected chi connectivity index (χ1v) is 9.48. The largest absolute Gasteiger partial charge is 0.349 e. The highest BCUT2D eigenvalue weighted by Crippen LogP contribution is 2.26. The second-order valence-corrected chi connectivity index (χ2v) is 8.05. The summed E-state index contributed by atoms with van der Waals surface area (Å²) in [6.07, 6.45) is 1.86. The van der Waals surface area contributed by atoms with Gasteiger partial charge in [-0.15, -0.1) is 0 Å². The Hall–Kier alpha value is -1.76. The molecule has 0 atom stereocenters. The fraction of sp³-hybridized carbons (Fsp3) is 0.188. The molecule has 2 aromatic carbocycles. The summed E-state index contributed by atoms with van der Waals surface area (Å²) in [4.78, 5) is 12.4. The standard InChI is InChI=1S/C16H14Cl2N2O3S/c17-10-1-6-13(7-2-10)24(22,23)20-15-8-3-11(18)9-14(15)16(21)19-12-4-5-12/h1-3,6-9,12,20H,4-5H2,(H,19,21). The second kappa shape index (κ2) is 6.63. The third-order valence-electron chi connectivity index (χ3n) is 3.51. The van der Waals surface area contributed by atoms with Crippen LogP contribution in [0, 0.1) is 0 Å². The van der Waals surface area contributed by atoms with Crippen molar-refractivity contribution in [2.75, 3.05) is 4.72 Å². The van der Waals surface area contributed by atoms with Crippen LogP contribution in [0.3, 0.4) is 0 Å². The van der Waals surface area contributed by atoms with Gasteiger partial charge >= 0.3 is 0 Å². The van der Waals surface area contributed by atoms with Crippen LogP contribution in [0.15, 0.2) is 47.4 Å². The molecule has 0 spiro atoms. The molecule has 1 aliphatic rings. The zero-order chi connectivity index (χ0) is 17.3. The van der Waals surface area contributed by atoms with E-state index in [2.05, 4.69) is 10.0 Å². The molecule has 0 saturated heterocycles. The number of carbonyl (C=O) groups excluding carboxylic acids is 1. The summed E-state index contributed by atoms with van der Waals surface area (Å²) >= 11 is 11.7.